The van der Waals surface area contributed by atoms with E-state index in [0.717, 1.165) is 0 Å². The molecule has 1 aromatic carbocycles. The Morgan fingerprint density at radius 1 is 1.30 bits per heavy atom. The number of thiazole rings is 1. The largest absolute Gasteiger partial charge is 0.394 e. The first-order valence-corrected chi connectivity index (χ1v) is 8.21. The molecule has 0 unspecified atom stereocenters. The predicted octanol–water partition coefficient (Wildman–Crippen LogP) is 1.82. The zero-order valence-corrected chi connectivity index (χ0v) is 13.6. The van der Waals surface area contributed by atoms with Gasteiger partial charge in [-0.15, -0.1) is 11.3 Å². The average Bonchev–Trinajstić information content (AvgIpc) is 3.00. The van der Waals surface area contributed by atoms with Crippen molar-refractivity contribution >= 4 is 28.3 Å². The highest BCUT2D eigenvalue weighted by atomic mass is 32.1. The van der Waals surface area contributed by atoms with E-state index in [1.165, 1.54) is 11.3 Å². The number of aliphatic hydroxyl groups excluding tert-OH is 1. The monoisotopic (exact) mass is 333 g/mol. The van der Waals surface area contributed by atoms with Crippen molar-refractivity contribution in [3.05, 3.63) is 47.0 Å². The molecule has 0 aliphatic rings. The lowest BCUT2D eigenvalue weighted by molar-refractivity contribution is -0.121. The molecule has 0 saturated heterocycles. The van der Waals surface area contributed by atoms with E-state index in [0.29, 0.717) is 22.8 Å². The van der Waals surface area contributed by atoms with Crippen LogP contribution in [0.3, 0.4) is 0 Å². The highest BCUT2D eigenvalue weighted by molar-refractivity contribution is 7.14. The van der Waals surface area contributed by atoms with Crippen LogP contribution in [-0.4, -0.2) is 34.6 Å². The molecule has 23 heavy (non-hydrogen) atoms. The zero-order valence-electron chi connectivity index (χ0n) is 12.8. The van der Waals surface area contributed by atoms with Crippen LogP contribution in [0, 0.1) is 0 Å². The zero-order chi connectivity index (χ0) is 16.7. The highest BCUT2D eigenvalue weighted by Gasteiger charge is 2.13. The lowest BCUT2D eigenvalue weighted by atomic mass is 10.2. The third kappa shape index (κ3) is 5.15. The minimum atomic E-state index is -0.238. The van der Waals surface area contributed by atoms with Gasteiger partial charge in [-0.1, -0.05) is 25.1 Å². The first-order chi connectivity index (χ1) is 11.1. The maximum absolute atomic E-state index is 12.0. The number of anilines is 1. The van der Waals surface area contributed by atoms with Gasteiger partial charge in [0.15, 0.2) is 5.13 Å². The van der Waals surface area contributed by atoms with Crippen molar-refractivity contribution in [2.75, 3.05) is 11.9 Å². The Morgan fingerprint density at radius 2 is 2.04 bits per heavy atom. The second kappa shape index (κ2) is 8.40. The van der Waals surface area contributed by atoms with Crippen LogP contribution in [0.4, 0.5) is 5.13 Å². The number of carbonyl (C=O) groups is 2. The fourth-order valence-corrected chi connectivity index (χ4v) is 2.63. The number of aliphatic hydroxyl groups is 1. The van der Waals surface area contributed by atoms with Crippen LogP contribution < -0.4 is 10.6 Å². The topological polar surface area (TPSA) is 91.3 Å². The van der Waals surface area contributed by atoms with Gasteiger partial charge < -0.3 is 10.4 Å². The van der Waals surface area contributed by atoms with Crippen molar-refractivity contribution in [3.8, 4) is 0 Å². The van der Waals surface area contributed by atoms with E-state index in [1.807, 2.05) is 13.0 Å². The molecule has 0 spiro atoms. The number of carbonyl (C=O) groups excluding carboxylic acids is 2. The molecule has 3 N–H and O–H groups in total. The summed E-state index contributed by atoms with van der Waals surface area (Å²) in [5.41, 5.74) is 1.14. The molecule has 2 amide bonds. The van der Waals surface area contributed by atoms with Crippen molar-refractivity contribution in [2.45, 2.75) is 25.8 Å². The van der Waals surface area contributed by atoms with E-state index in [2.05, 4.69) is 15.6 Å². The average molecular weight is 333 g/mol. The summed E-state index contributed by atoms with van der Waals surface area (Å²) >= 11 is 1.27. The van der Waals surface area contributed by atoms with E-state index in [-0.39, 0.29) is 30.9 Å². The Morgan fingerprint density at radius 3 is 2.70 bits per heavy atom. The minimum Gasteiger partial charge on any atom is -0.394 e. The third-order valence-corrected chi connectivity index (χ3v) is 4.03. The van der Waals surface area contributed by atoms with Crippen molar-refractivity contribution in [1.82, 2.24) is 10.3 Å². The van der Waals surface area contributed by atoms with Gasteiger partial charge in [-0.3, -0.25) is 14.9 Å². The van der Waals surface area contributed by atoms with Gasteiger partial charge in [0.2, 0.25) is 5.91 Å². The van der Waals surface area contributed by atoms with Gasteiger partial charge in [0.05, 0.1) is 24.8 Å². The SMILES string of the molecule is CC[C@@H](CO)NC(=O)Cc1csc(NC(=O)c2ccccc2)n1. The molecular formula is C16H19N3O3S. The number of hydrogen-bond acceptors (Lipinski definition) is 5. The van der Waals surface area contributed by atoms with E-state index < -0.39 is 0 Å². The van der Waals surface area contributed by atoms with Gasteiger partial charge in [-0.05, 0) is 18.6 Å². The lowest BCUT2D eigenvalue weighted by Gasteiger charge is -2.13. The van der Waals surface area contributed by atoms with Gasteiger partial charge in [-0.25, -0.2) is 4.98 Å². The summed E-state index contributed by atoms with van der Waals surface area (Å²) < 4.78 is 0. The molecule has 2 rings (SSSR count). The summed E-state index contributed by atoms with van der Waals surface area (Å²) in [5, 5.41) is 16.7. The van der Waals surface area contributed by atoms with Crippen molar-refractivity contribution < 1.29 is 14.7 Å². The Bertz CT molecular complexity index is 654. The van der Waals surface area contributed by atoms with E-state index in [4.69, 9.17) is 5.11 Å². The lowest BCUT2D eigenvalue weighted by Crippen LogP contribution is -2.37. The molecule has 0 bridgehead atoms. The Labute approximate surface area is 138 Å². The number of benzene rings is 1. The molecule has 0 saturated carbocycles. The molecule has 1 atom stereocenters. The molecular weight excluding hydrogens is 314 g/mol. The molecule has 7 heteroatoms. The van der Waals surface area contributed by atoms with Crippen LogP contribution >= 0.6 is 11.3 Å². The smallest absolute Gasteiger partial charge is 0.257 e. The number of aromatic nitrogens is 1. The summed E-state index contributed by atoms with van der Waals surface area (Å²) in [7, 11) is 0. The minimum absolute atomic E-state index is 0.0856. The number of rotatable bonds is 7. The number of hydrogen-bond donors (Lipinski definition) is 3. The van der Waals surface area contributed by atoms with Gasteiger partial charge in [0.25, 0.3) is 5.91 Å². The number of amides is 2. The summed E-state index contributed by atoms with van der Waals surface area (Å²) in [6.45, 7) is 1.80. The maximum Gasteiger partial charge on any atom is 0.257 e. The van der Waals surface area contributed by atoms with Crippen molar-refractivity contribution in [2.24, 2.45) is 0 Å². The quantitative estimate of drug-likeness (QED) is 0.721. The molecule has 1 heterocycles. The first-order valence-electron chi connectivity index (χ1n) is 7.33. The van der Waals surface area contributed by atoms with Gasteiger partial charge >= 0.3 is 0 Å². The Kier molecular flexibility index (Phi) is 6.25. The van der Waals surface area contributed by atoms with Crippen LogP contribution in [0.15, 0.2) is 35.7 Å². The Balaban J connectivity index is 1.90. The fraction of sp³-hybridized carbons (Fsp3) is 0.312. The second-order valence-electron chi connectivity index (χ2n) is 5.00. The summed E-state index contributed by atoms with van der Waals surface area (Å²) in [6.07, 6.45) is 0.784. The highest BCUT2D eigenvalue weighted by Crippen LogP contribution is 2.17. The van der Waals surface area contributed by atoms with Crippen LogP contribution in [-0.2, 0) is 11.2 Å². The Hall–Kier alpha value is -2.25. The normalized spacial score (nSPS) is 11.7. The van der Waals surface area contributed by atoms with Crippen LogP contribution in [0.5, 0.6) is 0 Å². The van der Waals surface area contributed by atoms with E-state index in [1.54, 1.807) is 29.6 Å². The molecule has 0 aliphatic carbocycles. The molecule has 1 aromatic heterocycles. The van der Waals surface area contributed by atoms with Gasteiger partial charge in [0, 0.05) is 10.9 Å². The second-order valence-corrected chi connectivity index (χ2v) is 5.85. The molecule has 0 radical (unpaired) electrons. The van der Waals surface area contributed by atoms with Crippen molar-refractivity contribution in [1.29, 1.82) is 0 Å². The van der Waals surface area contributed by atoms with Crippen LogP contribution in [0.2, 0.25) is 0 Å². The van der Waals surface area contributed by atoms with Crippen LogP contribution in [0.25, 0.3) is 0 Å². The molecule has 122 valence electrons. The molecule has 2 aromatic rings. The predicted molar refractivity (Wildman–Crippen MR) is 89.5 cm³/mol. The third-order valence-electron chi connectivity index (χ3n) is 3.23. The molecule has 0 aliphatic heterocycles. The summed E-state index contributed by atoms with van der Waals surface area (Å²) in [5.74, 6) is -0.431. The van der Waals surface area contributed by atoms with Gasteiger partial charge in [-0.2, -0.15) is 0 Å². The molecule has 6 nitrogen and oxygen atoms in total. The first kappa shape index (κ1) is 17.1. The number of nitrogens with zero attached hydrogens (tertiary/aromatic N) is 1. The fourth-order valence-electron chi connectivity index (χ4n) is 1.92. The maximum atomic E-state index is 12.0. The summed E-state index contributed by atoms with van der Waals surface area (Å²) in [6, 6.07) is 8.62. The van der Waals surface area contributed by atoms with Gasteiger partial charge in [0.1, 0.15) is 0 Å². The molecule has 0 fully saturated rings. The van der Waals surface area contributed by atoms with Crippen LogP contribution in [0.1, 0.15) is 29.4 Å². The van der Waals surface area contributed by atoms with E-state index in [9.17, 15) is 9.59 Å². The van der Waals surface area contributed by atoms with Crippen molar-refractivity contribution in [3.63, 3.8) is 0 Å². The van der Waals surface area contributed by atoms with E-state index >= 15 is 0 Å². The number of nitrogens with one attached hydrogen (secondary N) is 2. The standard InChI is InChI=1S/C16H19N3O3S/c1-2-12(9-20)17-14(21)8-13-10-23-16(18-13)19-15(22)11-6-4-3-5-7-11/h3-7,10,12,20H,2,8-9H2,1H3,(H,17,21)(H,18,19,22)/t12-/m0/s1. The summed E-state index contributed by atoms with van der Waals surface area (Å²) in [4.78, 5) is 28.1.